The van der Waals surface area contributed by atoms with E-state index in [2.05, 4.69) is 71.2 Å². The van der Waals surface area contributed by atoms with Gasteiger partial charge >= 0.3 is 0 Å². The zero-order valence-corrected chi connectivity index (χ0v) is 12.9. The molecular weight excluding hydrogens is 300 g/mol. The van der Waals surface area contributed by atoms with Crippen LogP contribution in [0.1, 0.15) is 16.7 Å². The molecule has 19 heavy (non-hydrogen) atoms. The summed E-state index contributed by atoms with van der Waals surface area (Å²) >= 11 is 3.47. The van der Waals surface area contributed by atoms with E-state index in [1.165, 1.54) is 16.7 Å². The number of halogens is 1. The van der Waals surface area contributed by atoms with Gasteiger partial charge in [-0.2, -0.15) is 0 Å². The third kappa shape index (κ3) is 3.82. The van der Waals surface area contributed by atoms with Gasteiger partial charge in [0.05, 0.1) is 0 Å². The van der Waals surface area contributed by atoms with Crippen molar-refractivity contribution in [3.8, 4) is 0 Å². The Hall–Kier alpha value is -1.32. The van der Waals surface area contributed by atoms with Crippen molar-refractivity contribution in [3.05, 3.63) is 63.6 Å². The topological polar surface area (TPSA) is 29.3 Å². The molecule has 0 radical (unpaired) electrons. The molecular formula is C16H19BrN2. The number of anilines is 1. The lowest BCUT2D eigenvalue weighted by Crippen LogP contribution is -2.17. The van der Waals surface area contributed by atoms with Gasteiger partial charge in [-0.05, 0) is 58.7 Å². The lowest BCUT2D eigenvalue weighted by molar-refractivity contribution is 0.318. The van der Waals surface area contributed by atoms with Crippen molar-refractivity contribution < 1.29 is 0 Å². The van der Waals surface area contributed by atoms with Crippen molar-refractivity contribution in [2.24, 2.45) is 0 Å². The number of aryl methyl sites for hydroxylation is 1. The molecule has 0 heterocycles. The minimum absolute atomic E-state index is 0.783. The summed E-state index contributed by atoms with van der Waals surface area (Å²) in [7, 11) is 2.14. The Balaban J connectivity index is 2.03. The van der Waals surface area contributed by atoms with Gasteiger partial charge in [0, 0.05) is 23.2 Å². The molecule has 0 aliphatic rings. The van der Waals surface area contributed by atoms with Gasteiger partial charge in [0.15, 0.2) is 0 Å². The average molecular weight is 319 g/mol. The summed E-state index contributed by atoms with van der Waals surface area (Å²) in [4.78, 5) is 2.31. The maximum absolute atomic E-state index is 5.80. The molecule has 0 aliphatic heterocycles. The van der Waals surface area contributed by atoms with Crippen molar-refractivity contribution >= 4 is 21.6 Å². The molecule has 0 unspecified atom stereocenters. The van der Waals surface area contributed by atoms with Gasteiger partial charge < -0.3 is 5.73 Å². The number of hydrogen-bond donors (Lipinski definition) is 1. The molecule has 0 saturated carbocycles. The maximum atomic E-state index is 5.80. The predicted molar refractivity (Wildman–Crippen MR) is 84.9 cm³/mol. The highest BCUT2D eigenvalue weighted by Gasteiger charge is 2.05. The zero-order valence-electron chi connectivity index (χ0n) is 11.4. The fourth-order valence-corrected chi connectivity index (χ4v) is 2.54. The molecule has 0 saturated heterocycles. The highest BCUT2D eigenvalue weighted by molar-refractivity contribution is 9.10. The summed E-state index contributed by atoms with van der Waals surface area (Å²) in [6.07, 6.45) is 0. The number of rotatable bonds is 4. The predicted octanol–water partition coefficient (Wildman–Crippen LogP) is 3.97. The quantitative estimate of drug-likeness (QED) is 0.864. The van der Waals surface area contributed by atoms with Crippen molar-refractivity contribution in [3.63, 3.8) is 0 Å². The Morgan fingerprint density at radius 3 is 2.53 bits per heavy atom. The van der Waals surface area contributed by atoms with Crippen LogP contribution >= 0.6 is 15.9 Å². The third-order valence-corrected chi connectivity index (χ3v) is 3.91. The Morgan fingerprint density at radius 2 is 1.84 bits per heavy atom. The van der Waals surface area contributed by atoms with Crippen LogP contribution in [0.15, 0.2) is 46.9 Å². The Bertz CT molecular complexity index is 566. The summed E-state index contributed by atoms with van der Waals surface area (Å²) in [5.41, 5.74) is 10.6. The molecule has 0 aliphatic carbocycles. The van der Waals surface area contributed by atoms with Gasteiger partial charge in [-0.1, -0.05) is 30.3 Å². The van der Waals surface area contributed by atoms with E-state index in [0.717, 1.165) is 23.2 Å². The SMILES string of the molecule is Cc1ccccc1CN(C)Cc1ccc(N)c(Br)c1. The Kier molecular flexibility index (Phi) is 4.61. The van der Waals surface area contributed by atoms with Crippen molar-refractivity contribution in [1.29, 1.82) is 0 Å². The van der Waals surface area contributed by atoms with Crippen LogP contribution in [0.3, 0.4) is 0 Å². The first kappa shape index (κ1) is 14.1. The van der Waals surface area contributed by atoms with Crippen LogP contribution < -0.4 is 5.73 Å². The highest BCUT2D eigenvalue weighted by atomic mass is 79.9. The average Bonchev–Trinajstić information content (AvgIpc) is 2.37. The van der Waals surface area contributed by atoms with E-state index < -0.39 is 0 Å². The van der Waals surface area contributed by atoms with E-state index in [-0.39, 0.29) is 0 Å². The molecule has 0 spiro atoms. The number of nitrogen functional groups attached to an aromatic ring is 1. The molecule has 0 bridgehead atoms. The smallest absolute Gasteiger partial charge is 0.0458 e. The molecule has 2 aromatic carbocycles. The van der Waals surface area contributed by atoms with Gasteiger partial charge in [-0.15, -0.1) is 0 Å². The van der Waals surface area contributed by atoms with E-state index in [9.17, 15) is 0 Å². The Morgan fingerprint density at radius 1 is 1.11 bits per heavy atom. The molecule has 2 rings (SSSR count). The first-order valence-corrected chi connectivity index (χ1v) is 7.12. The molecule has 0 aromatic heterocycles. The van der Waals surface area contributed by atoms with Gasteiger partial charge in [0.1, 0.15) is 0 Å². The summed E-state index contributed by atoms with van der Waals surface area (Å²) in [6.45, 7) is 4.02. The van der Waals surface area contributed by atoms with Crippen LogP contribution in [0.4, 0.5) is 5.69 Å². The third-order valence-electron chi connectivity index (χ3n) is 3.22. The normalized spacial score (nSPS) is 10.9. The largest absolute Gasteiger partial charge is 0.398 e. The first-order valence-electron chi connectivity index (χ1n) is 6.33. The summed E-state index contributed by atoms with van der Waals surface area (Å²) in [6, 6.07) is 14.6. The molecule has 2 nitrogen and oxygen atoms in total. The van der Waals surface area contributed by atoms with Gasteiger partial charge in [0.25, 0.3) is 0 Å². The lowest BCUT2D eigenvalue weighted by Gasteiger charge is -2.18. The van der Waals surface area contributed by atoms with Crippen molar-refractivity contribution in [2.75, 3.05) is 12.8 Å². The van der Waals surface area contributed by atoms with E-state index in [4.69, 9.17) is 5.73 Å². The molecule has 2 aromatic rings. The number of nitrogens with zero attached hydrogens (tertiary/aromatic N) is 1. The van der Waals surface area contributed by atoms with Crippen molar-refractivity contribution in [1.82, 2.24) is 4.90 Å². The Labute approximate surface area is 123 Å². The fraction of sp³-hybridized carbons (Fsp3) is 0.250. The molecule has 0 fully saturated rings. The van der Waals surface area contributed by atoms with Gasteiger partial charge in [0.2, 0.25) is 0 Å². The van der Waals surface area contributed by atoms with E-state index >= 15 is 0 Å². The van der Waals surface area contributed by atoms with Crippen molar-refractivity contribution in [2.45, 2.75) is 20.0 Å². The second-order valence-electron chi connectivity index (χ2n) is 4.95. The first-order chi connectivity index (χ1) is 9.06. The monoisotopic (exact) mass is 318 g/mol. The second-order valence-corrected chi connectivity index (χ2v) is 5.81. The fourth-order valence-electron chi connectivity index (χ4n) is 2.11. The number of benzene rings is 2. The zero-order chi connectivity index (χ0) is 13.8. The van der Waals surface area contributed by atoms with Crippen LogP contribution in [-0.2, 0) is 13.1 Å². The molecule has 100 valence electrons. The maximum Gasteiger partial charge on any atom is 0.0458 e. The second kappa shape index (κ2) is 6.22. The van der Waals surface area contributed by atoms with Crippen LogP contribution in [0.2, 0.25) is 0 Å². The lowest BCUT2D eigenvalue weighted by atomic mass is 10.1. The van der Waals surface area contributed by atoms with Gasteiger partial charge in [-0.3, -0.25) is 4.90 Å². The van der Waals surface area contributed by atoms with Crippen LogP contribution in [0.25, 0.3) is 0 Å². The minimum Gasteiger partial charge on any atom is -0.398 e. The minimum atomic E-state index is 0.783. The molecule has 0 amide bonds. The van der Waals surface area contributed by atoms with Gasteiger partial charge in [-0.25, -0.2) is 0 Å². The summed E-state index contributed by atoms with van der Waals surface area (Å²) < 4.78 is 0.967. The van der Waals surface area contributed by atoms with E-state index in [0.29, 0.717) is 0 Å². The summed E-state index contributed by atoms with van der Waals surface area (Å²) in [5, 5.41) is 0. The number of nitrogens with two attached hydrogens (primary N) is 1. The van der Waals surface area contributed by atoms with E-state index in [1.54, 1.807) is 0 Å². The van der Waals surface area contributed by atoms with Crippen LogP contribution in [0, 0.1) is 6.92 Å². The highest BCUT2D eigenvalue weighted by Crippen LogP contribution is 2.21. The van der Waals surface area contributed by atoms with E-state index in [1.807, 2.05) is 6.07 Å². The van der Waals surface area contributed by atoms with Crippen LogP contribution in [0.5, 0.6) is 0 Å². The molecule has 3 heteroatoms. The number of hydrogen-bond acceptors (Lipinski definition) is 2. The standard InChI is InChI=1S/C16H19BrN2/c1-12-5-3-4-6-14(12)11-19(2)10-13-7-8-16(18)15(17)9-13/h3-9H,10-11,18H2,1-2H3. The molecule has 2 N–H and O–H groups in total. The van der Waals surface area contributed by atoms with Crippen LogP contribution in [-0.4, -0.2) is 11.9 Å². The molecule has 0 atom stereocenters. The summed E-state index contributed by atoms with van der Waals surface area (Å²) in [5.74, 6) is 0.